The summed E-state index contributed by atoms with van der Waals surface area (Å²) in [5.74, 6) is -1.43. The molecule has 0 saturated heterocycles. The third kappa shape index (κ3) is 2.68. The van der Waals surface area contributed by atoms with Gasteiger partial charge in [0, 0.05) is 18.0 Å². The maximum Gasteiger partial charge on any atom is 0.341 e. The minimum atomic E-state index is -0.718. The summed E-state index contributed by atoms with van der Waals surface area (Å²) in [5, 5.41) is 16.5. The molecule has 3 heterocycles. The summed E-state index contributed by atoms with van der Waals surface area (Å²) in [6, 6.07) is 4.32. The Hall–Kier alpha value is -4.08. The Morgan fingerprint density at radius 1 is 1.33 bits per heavy atom. The average Bonchev–Trinajstić information content (AvgIpc) is 3.28. The molecule has 0 unspecified atom stereocenters. The van der Waals surface area contributed by atoms with Crippen molar-refractivity contribution in [3.63, 3.8) is 0 Å². The van der Waals surface area contributed by atoms with Crippen LogP contribution in [0.3, 0.4) is 0 Å². The predicted octanol–water partition coefficient (Wildman–Crippen LogP) is 1.30. The number of aromatic amines is 1. The largest absolute Gasteiger partial charge is 0.507 e. The first-order valence-electron chi connectivity index (χ1n) is 7.68. The van der Waals surface area contributed by atoms with Crippen LogP contribution >= 0.6 is 0 Å². The number of phenolic OH excluding ortho intramolecular Hbond substituents is 1. The van der Waals surface area contributed by atoms with Gasteiger partial charge in [0.15, 0.2) is 0 Å². The normalized spacial score (nSPS) is 11.0. The van der Waals surface area contributed by atoms with Gasteiger partial charge in [0.1, 0.15) is 22.6 Å². The third-order valence-electron chi connectivity index (χ3n) is 4.01. The smallest absolute Gasteiger partial charge is 0.341 e. The van der Waals surface area contributed by atoms with E-state index >= 15 is 0 Å². The van der Waals surface area contributed by atoms with E-state index in [1.165, 1.54) is 37.9 Å². The van der Waals surface area contributed by atoms with Gasteiger partial charge in [0.2, 0.25) is 0 Å². The van der Waals surface area contributed by atoms with Gasteiger partial charge in [-0.15, -0.1) is 0 Å². The number of carbonyl (C=O) groups excluding carboxylic acids is 2. The molecule has 136 valence electrons. The molecule has 0 spiro atoms. The second-order valence-electron chi connectivity index (χ2n) is 5.65. The number of furan rings is 1. The van der Waals surface area contributed by atoms with Crippen molar-refractivity contribution in [2.45, 2.75) is 0 Å². The lowest BCUT2D eigenvalue weighted by Crippen LogP contribution is -2.25. The quantitative estimate of drug-likeness (QED) is 0.463. The van der Waals surface area contributed by atoms with E-state index in [1.807, 2.05) is 0 Å². The number of hydrogen-bond acceptors (Lipinski definition) is 7. The van der Waals surface area contributed by atoms with E-state index in [2.05, 4.69) is 20.4 Å². The minimum absolute atomic E-state index is 0.00187. The van der Waals surface area contributed by atoms with Gasteiger partial charge in [0.25, 0.3) is 11.5 Å². The monoisotopic (exact) mass is 368 g/mol. The summed E-state index contributed by atoms with van der Waals surface area (Å²) < 4.78 is 11.0. The van der Waals surface area contributed by atoms with Crippen LogP contribution in [0.2, 0.25) is 0 Å². The van der Waals surface area contributed by atoms with Crippen LogP contribution < -0.4 is 11.0 Å². The van der Waals surface area contributed by atoms with Crippen LogP contribution in [0, 0.1) is 0 Å². The fourth-order valence-electron chi connectivity index (χ4n) is 2.73. The molecule has 2 aliphatic heterocycles. The summed E-state index contributed by atoms with van der Waals surface area (Å²) in [5.41, 5.74) is 2.68. The van der Waals surface area contributed by atoms with Crippen molar-refractivity contribution >= 4 is 22.8 Å². The van der Waals surface area contributed by atoms with E-state index < -0.39 is 17.4 Å². The number of carbonyl (C=O) groups is 2. The van der Waals surface area contributed by atoms with Crippen molar-refractivity contribution in [2.75, 3.05) is 12.5 Å². The molecule has 3 N–H and O–H groups in total. The number of phenols is 1. The summed E-state index contributed by atoms with van der Waals surface area (Å²) >= 11 is 0. The fourth-order valence-corrected chi connectivity index (χ4v) is 2.73. The molecule has 0 saturated carbocycles. The number of nitrogens with zero attached hydrogens (tertiary/aromatic N) is 2. The molecule has 0 aliphatic carbocycles. The fraction of sp³-hybridized carbons (Fsp3) is 0.0588. The van der Waals surface area contributed by atoms with Gasteiger partial charge in [-0.1, -0.05) is 0 Å². The number of amides is 1. The topological polar surface area (TPSA) is 139 Å². The zero-order valence-electron chi connectivity index (χ0n) is 13.8. The zero-order chi connectivity index (χ0) is 19.1. The van der Waals surface area contributed by atoms with Crippen LogP contribution in [0.15, 0.2) is 46.1 Å². The Labute approximate surface area is 150 Å². The van der Waals surface area contributed by atoms with Gasteiger partial charge in [0.05, 0.1) is 24.3 Å². The predicted molar refractivity (Wildman–Crippen MR) is 92.4 cm³/mol. The lowest BCUT2D eigenvalue weighted by atomic mass is 10.1. The minimum Gasteiger partial charge on any atom is -0.507 e. The Morgan fingerprint density at radius 2 is 2.15 bits per heavy atom. The molecule has 1 aromatic carbocycles. The van der Waals surface area contributed by atoms with Crippen molar-refractivity contribution in [3.05, 3.63) is 58.3 Å². The first kappa shape index (κ1) is 16.4. The van der Waals surface area contributed by atoms with Crippen LogP contribution in [-0.2, 0) is 4.74 Å². The van der Waals surface area contributed by atoms with Crippen LogP contribution in [0.1, 0.15) is 20.7 Å². The molecule has 0 radical (unpaired) electrons. The van der Waals surface area contributed by atoms with Gasteiger partial charge in [-0.25, -0.2) is 9.89 Å². The lowest BCUT2D eigenvalue weighted by Gasteiger charge is -2.13. The average molecular weight is 368 g/mol. The number of H-pyrrole nitrogens is 1. The van der Waals surface area contributed by atoms with Crippen LogP contribution in [0.25, 0.3) is 22.2 Å². The molecule has 10 nitrogen and oxygen atoms in total. The number of esters is 1. The molecule has 27 heavy (non-hydrogen) atoms. The molecule has 10 heteroatoms. The number of pyridine rings is 1. The number of fused-ring (bicyclic) bond motifs is 2. The molecule has 2 aromatic rings. The summed E-state index contributed by atoms with van der Waals surface area (Å²) in [4.78, 5) is 36.4. The molecule has 0 fully saturated rings. The Bertz CT molecular complexity index is 1220. The van der Waals surface area contributed by atoms with Crippen molar-refractivity contribution in [1.82, 2.24) is 14.9 Å². The van der Waals surface area contributed by atoms with Crippen LogP contribution in [0.4, 0.5) is 0 Å². The number of aromatic nitrogens is 3. The first-order chi connectivity index (χ1) is 13.0. The number of methoxy groups -OCH3 is 1. The van der Waals surface area contributed by atoms with Crippen molar-refractivity contribution in [3.8, 4) is 17.0 Å². The summed E-state index contributed by atoms with van der Waals surface area (Å²) in [7, 11) is 1.19. The van der Waals surface area contributed by atoms with Gasteiger partial charge in [-0.2, -0.15) is 5.10 Å². The van der Waals surface area contributed by atoms with Gasteiger partial charge in [-0.05, 0) is 18.2 Å². The standard InChI is InChI=1S/C17H12N4O6/c1-26-17(25)11-7-21(6-10-14(11)18-19-16(10)24)20-15(23)8-4-12(22)9-2-3-27-13(9)5-8/h2-7,22H,1H3,(H,19,24)(H,20,23). The second-order valence-corrected chi connectivity index (χ2v) is 5.65. The lowest BCUT2D eigenvalue weighted by molar-refractivity contribution is 0.0600. The second kappa shape index (κ2) is 6.02. The van der Waals surface area contributed by atoms with E-state index in [4.69, 9.17) is 4.42 Å². The highest BCUT2D eigenvalue weighted by Crippen LogP contribution is 2.27. The molecular formula is C17H12N4O6. The molecule has 1 aromatic heterocycles. The van der Waals surface area contributed by atoms with Crippen molar-refractivity contribution in [2.24, 2.45) is 0 Å². The Balaban J connectivity index is 1.74. The van der Waals surface area contributed by atoms with Crippen molar-refractivity contribution < 1.29 is 23.8 Å². The number of aromatic hydroxyl groups is 1. The van der Waals surface area contributed by atoms with Gasteiger partial charge >= 0.3 is 5.97 Å². The molecule has 4 rings (SSSR count). The van der Waals surface area contributed by atoms with E-state index in [9.17, 15) is 19.5 Å². The highest BCUT2D eigenvalue weighted by Gasteiger charge is 2.22. The number of benzene rings is 1. The highest BCUT2D eigenvalue weighted by molar-refractivity contribution is 6.04. The van der Waals surface area contributed by atoms with Crippen molar-refractivity contribution in [1.29, 1.82) is 0 Å². The molecular weight excluding hydrogens is 356 g/mol. The number of ether oxygens (including phenoxy) is 1. The molecule has 1 amide bonds. The zero-order valence-corrected chi connectivity index (χ0v) is 13.8. The van der Waals surface area contributed by atoms with Crippen LogP contribution in [0.5, 0.6) is 5.75 Å². The molecule has 0 bridgehead atoms. The van der Waals surface area contributed by atoms with E-state index in [-0.39, 0.29) is 28.1 Å². The maximum absolute atomic E-state index is 12.5. The first-order valence-corrected chi connectivity index (χ1v) is 7.68. The highest BCUT2D eigenvalue weighted by atomic mass is 16.5. The van der Waals surface area contributed by atoms with E-state index in [1.54, 1.807) is 6.07 Å². The van der Waals surface area contributed by atoms with Gasteiger partial charge < -0.3 is 14.3 Å². The number of nitrogens with one attached hydrogen (secondary N) is 2. The molecule has 2 aliphatic rings. The molecule has 0 atom stereocenters. The van der Waals surface area contributed by atoms with E-state index in [0.717, 1.165) is 4.68 Å². The van der Waals surface area contributed by atoms with Crippen LogP contribution in [-0.4, -0.2) is 39.0 Å². The summed E-state index contributed by atoms with van der Waals surface area (Å²) in [6.45, 7) is 0. The SMILES string of the molecule is COC(=O)c1cn(NC(=O)c2cc(O)c3ccoc3c2)cc2c(=O)[nH]nc1-2. The van der Waals surface area contributed by atoms with E-state index in [0.29, 0.717) is 11.0 Å². The number of rotatable bonds is 3. The number of hydrogen-bond donors (Lipinski definition) is 3. The Morgan fingerprint density at radius 3 is 2.93 bits per heavy atom. The van der Waals surface area contributed by atoms with Gasteiger partial charge in [-0.3, -0.25) is 19.7 Å². The third-order valence-corrected chi connectivity index (χ3v) is 4.01. The Kier molecular flexibility index (Phi) is 3.65. The maximum atomic E-state index is 12.5. The summed E-state index contributed by atoms with van der Waals surface area (Å²) in [6.07, 6.45) is 3.99.